The molecule has 0 aliphatic carbocycles. The van der Waals surface area contributed by atoms with Gasteiger partial charge in [0.15, 0.2) is 5.96 Å². The van der Waals surface area contributed by atoms with Gasteiger partial charge in [0.2, 0.25) is 0 Å². The molecule has 88 valence electrons. The normalized spacial score (nSPS) is 23.4. The third kappa shape index (κ3) is 3.70. The van der Waals surface area contributed by atoms with Crippen LogP contribution in [0.1, 0.15) is 26.2 Å². The average molecular weight is 212 g/mol. The summed E-state index contributed by atoms with van der Waals surface area (Å²) in [4.78, 5) is 8.79. The zero-order valence-electron chi connectivity index (χ0n) is 10.2. The van der Waals surface area contributed by atoms with Gasteiger partial charge in [0.25, 0.3) is 0 Å². The zero-order chi connectivity index (χ0) is 11.3. The molecule has 1 saturated heterocycles. The number of nitrogens with zero attached hydrogens (tertiary/aromatic N) is 3. The Morgan fingerprint density at radius 1 is 1.60 bits per heavy atom. The third-order valence-corrected chi connectivity index (χ3v) is 3.04. The summed E-state index contributed by atoms with van der Waals surface area (Å²) in [6.45, 7) is 5.15. The summed E-state index contributed by atoms with van der Waals surface area (Å²) < 4.78 is 0. The molecule has 1 aliphatic heterocycles. The van der Waals surface area contributed by atoms with Crippen molar-refractivity contribution in [2.75, 3.05) is 33.7 Å². The van der Waals surface area contributed by atoms with E-state index >= 15 is 0 Å². The maximum atomic E-state index is 5.88. The average Bonchev–Trinajstić information content (AvgIpc) is 2.61. The van der Waals surface area contributed by atoms with Crippen LogP contribution < -0.4 is 5.73 Å². The first-order chi connectivity index (χ1) is 7.15. The first-order valence-corrected chi connectivity index (χ1v) is 5.86. The van der Waals surface area contributed by atoms with Crippen LogP contribution in [0.3, 0.4) is 0 Å². The molecular formula is C11H24N4. The van der Waals surface area contributed by atoms with Gasteiger partial charge in [-0.25, -0.2) is 0 Å². The number of hydrogen-bond acceptors (Lipinski definition) is 2. The van der Waals surface area contributed by atoms with Crippen molar-refractivity contribution >= 4 is 5.96 Å². The fourth-order valence-electron chi connectivity index (χ4n) is 1.97. The van der Waals surface area contributed by atoms with E-state index in [0.29, 0.717) is 12.0 Å². The molecule has 1 fully saturated rings. The molecule has 0 amide bonds. The van der Waals surface area contributed by atoms with Crippen molar-refractivity contribution < 1.29 is 0 Å². The molecule has 15 heavy (non-hydrogen) atoms. The van der Waals surface area contributed by atoms with Crippen molar-refractivity contribution in [3.05, 3.63) is 0 Å². The van der Waals surface area contributed by atoms with Crippen molar-refractivity contribution in [3.8, 4) is 0 Å². The van der Waals surface area contributed by atoms with Gasteiger partial charge in [-0.2, -0.15) is 0 Å². The van der Waals surface area contributed by atoms with Crippen LogP contribution in [-0.2, 0) is 0 Å². The predicted molar refractivity (Wildman–Crippen MR) is 65.1 cm³/mol. The molecule has 4 nitrogen and oxygen atoms in total. The molecule has 0 saturated carbocycles. The molecule has 0 spiro atoms. The zero-order valence-corrected chi connectivity index (χ0v) is 10.2. The van der Waals surface area contributed by atoms with E-state index in [-0.39, 0.29) is 0 Å². The molecular weight excluding hydrogens is 188 g/mol. The summed E-state index contributed by atoms with van der Waals surface area (Å²) in [6, 6.07) is 0.644. The van der Waals surface area contributed by atoms with Gasteiger partial charge in [-0.15, -0.1) is 0 Å². The second kappa shape index (κ2) is 5.95. The molecule has 1 unspecified atom stereocenters. The van der Waals surface area contributed by atoms with Crippen molar-refractivity contribution in [2.24, 2.45) is 10.7 Å². The lowest BCUT2D eigenvalue weighted by Gasteiger charge is -2.26. The third-order valence-electron chi connectivity index (χ3n) is 3.04. The van der Waals surface area contributed by atoms with Gasteiger partial charge >= 0.3 is 0 Å². The van der Waals surface area contributed by atoms with Gasteiger partial charge < -0.3 is 15.5 Å². The van der Waals surface area contributed by atoms with E-state index in [0.717, 1.165) is 19.5 Å². The lowest BCUT2D eigenvalue weighted by molar-refractivity contribution is 0.266. The summed E-state index contributed by atoms with van der Waals surface area (Å²) in [5.41, 5.74) is 5.88. The second-order valence-electron chi connectivity index (χ2n) is 4.40. The maximum absolute atomic E-state index is 5.88. The quantitative estimate of drug-likeness (QED) is 0.552. The van der Waals surface area contributed by atoms with E-state index < -0.39 is 0 Å². The molecule has 0 radical (unpaired) electrons. The summed E-state index contributed by atoms with van der Waals surface area (Å²) in [5, 5.41) is 0. The van der Waals surface area contributed by atoms with Gasteiger partial charge in [0.05, 0.1) is 0 Å². The Bertz CT molecular complexity index is 215. The Balaban J connectivity index is 2.37. The lowest BCUT2D eigenvalue weighted by Crippen LogP contribution is -2.42. The highest BCUT2D eigenvalue weighted by atomic mass is 15.3. The summed E-state index contributed by atoms with van der Waals surface area (Å²) in [7, 11) is 4.21. The SMILES string of the molecule is CCCN=C(N)N(C)CC1CCCN1C. The van der Waals surface area contributed by atoms with Gasteiger partial charge in [-0.05, 0) is 32.9 Å². The van der Waals surface area contributed by atoms with Crippen molar-refractivity contribution in [3.63, 3.8) is 0 Å². The second-order valence-corrected chi connectivity index (χ2v) is 4.40. The van der Waals surface area contributed by atoms with Crippen LogP contribution in [0.4, 0.5) is 0 Å². The van der Waals surface area contributed by atoms with Gasteiger partial charge in [-0.3, -0.25) is 4.99 Å². The van der Waals surface area contributed by atoms with Crippen LogP contribution in [0.15, 0.2) is 4.99 Å². The number of hydrogen-bond donors (Lipinski definition) is 1. The van der Waals surface area contributed by atoms with E-state index in [4.69, 9.17) is 5.73 Å². The molecule has 1 heterocycles. The van der Waals surface area contributed by atoms with Crippen LogP contribution in [0.25, 0.3) is 0 Å². The van der Waals surface area contributed by atoms with Crippen LogP contribution in [0.2, 0.25) is 0 Å². The highest BCUT2D eigenvalue weighted by Crippen LogP contribution is 2.15. The standard InChI is InChI=1S/C11H24N4/c1-4-7-13-11(12)15(3)9-10-6-5-8-14(10)2/h10H,4-9H2,1-3H3,(H2,12,13). The molecule has 0 bridgehead atoms. The fraction of sp³-hybridized carbons (Fsp3) is 0.909. The minimum absolute atomic E-state index is 0.644. The van der Waals surface area contributed by atoms with Gasteiger partial charge in [-0.1, -0.05) is 6.92 Å². The Hall–Kier alpha value is -0.770. The van der Waals surface area contributed by atoms with Crippen LogP contribution in [0.5, 0.6) is 0 Å². The first-order valence-electron chi connectivity index (χ1n) is 5.86. The molecule has 0 aromatic carbocycles. The van der Waals surface area contributed by atoms with Crippen LogP contribution >= 0.6 is 0 Å². The molecule has 4 heteroatoms. The number of likely N-dealkylation sites (N-methyl/N-ethyl adjacent to an activating group) is 2. The largest absolute Gasteiger partial charge is 0.370 e. The molecule has 1 aliphatic rings. The minimum atomic E-state index is 0.644. The smallest absolute Gasteiger partial charge is 0.191 e. The fourth-order valence-corrected chi connectivity index (χ4v) is 1.97. The minimum Gasteiger partial charge on any atom is -0.370 e. The maximum Gasteiger partial charge on any atom is 0.191 e. The Labute approximate surface area is 93.1 Å². The van der Waals surface area contributed by atoms with Crippen LogP contribution in [-0.4, -0.2) is 55.5 Å². The summed E-state index contributed by atoms with van der Waals surface area (Å²) in [5.74, 6) is 0.678. The first kappa shape index (κ1) is 12.3. The lowest BCUT2D eigenvalue weighted by atomic mass is 10.2. The van der Waals surface area contributed by atoms with E-state index in [1.54, 1.807) is 0 Å². The Kier molecular flexibility index (Phi) is 4.88. The van der Waals surface area contributed by atoms with Gasteiger partial charge in [0, 0.05) is 26.2 Å². The van der Waals surface area contributed by atoms with Crippen molar-refractivity contribution in [1.82, 2.24) is 9.80 Å². The summed E-state index contributed by atoms with van der Waals surface area (Å²) >= 11 is 0. The number of aliphatic imine (C=N–C) groups is 1. The van der Waals surface area contributed by atoms with Gasteiger partial charge in [0.1, 0.15) is 0 Å². The number of guanidine groups is 1. The summed E-state index contributed by atoms with van der Waals surface area (Å²) in [6.07, 6.45) is 3.64. The molecule has 0 aromatic rings. The molecule has 0 aromatic heterocycles. The number of nitrogens with two attached hydrogens (primary N) is 1. The highest BCUT2D eigenvalue weighted by molar-refractivity contribution is 5.77. The van der Waals surface area contributed by atoms with Crippen molar-refractivity contribution in [1.29, 1.82) is 0 Å². The predicted octanol–water partition coefficient (Wildman–Crippen LogP) is 0.737. The van der Waals surface area contributed by atoms with Crippen molar-refractivity contribution in [2.45, 2.75) is 32.2 Å². The topological polar surface area (TPSA) is 44.9 Å². The van der Waals surface area contributed by atoms with Crippen LogP contribution in [0, 0.1) is 0 Å². The molecule has 2 N–H and O–H groups in total. The van der Waals surface area contributed by atoms with E-state index in [1.807, 2.05) is 7.05 Å². The van der Waals surface area contributed by atoms with E-state index in [2.05, 4.69) is 28.8 Å². The van der Waals surface area contributed by atoms with E-state index in [1.165, 1.54) is 19.4 Å². The Morgan fingerprint density at radius 3 is 2.87 bits per heavy atom. The number of rotatable bonds is 4. The Morgan fingerprint density at radius 2 is 2.33 bits per heavy atom. The monoisotopic (exact) mass is 212 g/mol. The molecule has 1 atom stereocenters. The number of likely N-dealkylation sites (tertiary alicyclic amines) is 1. The highest BCUT2D eigenvalue weighted by Gasteiger charge is 2.22. The van der Waals surface area contributed by atoms with E-state index in [9.17, 15) is 0 Å². The molecule has 1 rings (SSSR count).